The summed E-state index contributed by atoms with van der Waals surface area (Å²) in [5.74, 6) is -0.155. The van der Waals surface area contributed by atoms with Gasteiger partial charge in [0.1, 0.15) is 0 Å². The third kappa shape index (κ3) is 2.47. The lowest BCUT2D eigenvalue weighted by Gasteiger charge is -2.33. The van der Waals surface area contributed by atoms with Gasteiger partial charge in [-0.05, 0) is 12.8 Å². The lowest BCUT2D eigenvalue weighted by atomic mass is 10.1. The van der Waals surface area contributed by atoms with Crippen LogP contribution in [0.5, 0.6) is 0 Å². The van der Waals surface area contributed by atoms with Gasteiger partial charge >= 0.3 is 6.03 Å². The summed E-state index contributed by atoms with van der Waals surface area (Å²) >= 11 is 0. The predicted molar refractivity (Wildman–Crippen MR) is 53.8 cm³/mol. The highest BCUT2D eigenvalue weighted by molar-refractivity contribution is 5.96. The second-order valence-corrected chi connectivity index (χ2v) is 3.65. The van der Waals surface area contributed by atoms with Gasteiger partial charge in [-0.15, -0.1) is 0 Å². The summed E-state index contributed by atoms with van der Waals surface area (Å²) < 4.78 is 0. The van der Waals surface area contributed by atoms with Gasteiger partial charge in [-0.3, -0.25) is 10.1 Å². The first kappa shape index (κ1) is 11.0. The van der Waals surface area contributed by atoms with Crippen molar-refractivity contribution in [2.45, 2.75) is 45.6 Å². The van der Waals surface area contributed by atoms with E-state index in [9.17, 15) is 9.59 Å². The summed E-state index contributed by atoms with van der Waals surface area (Å²) in [5, 5.41) is 2.35. The van der Waals surface area contributed by atoms with Crippen LogP contribution in [0.15, 0.2) is 0 Å². The highest BCUT2D eigenvalue weighted by atomic mass is 16.2. The summed E-state index contributed by atoms with van der Waals surface area (Å²) in [4.78, 5) is 24.2. The quantitative estimate of drug-likeness (QED) is 0.744. The molecule has 4 heteroatoms. The van der Waals surface area contributed by atoms with E-state index in [0.29, 0.717) is 13.0 Å². The third-order valence-electron chi connectivity index (χ3n) is 2.62. The van der Waals surface area contributed by atoms with Gasteiger partial charge in [0.15, 0.2) is 0 Å². The number of amides is 3. The van der Waals surface area contributed by atoms with Crippen molar-refractivity contribution in [2.75, 3.05) is 6.54 Å². The first-order valence-corrected chi connectivity index (χ1v) is 5.29. The number of carbonyl (C=O) groups is 2. The SMILES string of the molecule is CCCC(CC)N1CCC(=O)NC1=O. The fourth-order valence-electron chi connectivity index (χ4n) is 1.84. The number of hydrogen-bond donors (Lipinski definition) is 1. The Balaban J connectivity index is 2.57. The van der Waals surface area contributed by atoms with Gasteiger partial charge in [0, 0.05) is 19.0 Å². The Hall–Kier alpha value is -1.06. The minimum absolute atomic E-state index is 0.155. The van der Waals surface area contributed by atoms with Crippen molar-refractivity contribution in [3.05, 3.63) is 0 Å². The average molecular weight is 198 g/mol. The molecule has 0 spiro atoms. The molecule has 1 aliphatic rings. The molecular formula is C10H18N2O2. The fourth-order valence-corrected chi connectivity index (χ4v) is 1.84. The molecule has 1 unspecified atom stereocenters. The minimum Gasteiger partial charge on any atom is -0.321 e. The van der Waals surface area contributed by atoms with Gasteiger partial charge in [-0.2, -0.15) is 0 Å². The standard InChI is InChI=1S/C10H18N2O2/c1-3-5-8(4-2)12-7-6-9(13)11-10(12)14/h8H,3-7H2,1-2H3,(H,11,13,14). The maximum atomic E-state index is 11.5. The van der Waals surface area contributed by atoms with Crippen molar-refractivity contribution in [3.63, 3.8) is 0 Å². The van der Waals surface area contributed by atoms with Crippen molar-refractivity contribution >= 4 is 11.9 Å². The molecule has 1 fully saturated rings. The van der Waals surface area contributed by atoms with E-state index in [1.54, 1.807) is 4.90 Å². The lowest BCUT2D eigenvalue weighted by molar-refractivity contribution is -0.121. The smallest absolute Gasteiger partial charge is 0.321 e. The zero-order valence-electron chi connectivity index (χ0n) is 8.88. The Labute approximate surface area is 84.7 Å². The Kier molecular flexibility index (Phi) is 3.92. The van der Waals surface area contributed by atoms with Crippen LogP contribution in [0.3, 0.4) is 0 Å². The lowest BCUT2D eigenvalue weighted by Crippen LogP contribution is -2.53. The Morgan fingerprint density at radius 3 is 2.64 bits per heavy atom. The van der Waals surface area contributed by atoms with Gasteiger partial charge in [0.25, 0.3) is 0 Å². The van der Waals surface area contributed by atoms with Gasteiger partial charge in [-0.1, -0.05) is 20.3 Å². The van der Waals surface area contributed by atoms with Crippen molar-refractivity contribution < 1.29 is 9.59 Å². The summed E-state index contributed by atoms with van der Waals surface area (Å²) in [6.45, 7) is 4.75. The van der Waals surface area contributed by atoms with Gasteiger partial charge in [-0.25, -0.2) is 4.79 Å². The number of nitrogens with one attached hydrogen (secondary N) is 1. The molecular weight excluding hydrogens is 180 g/mol. The molecule has 1 heterocycles. The second-order valence-electron chi connectivity index (χ2n) is 3.65. The highest BCUT2D eigenvalue weighted by Crippen LogP contribution is 2.14. The molecule has 3 amide bonds. The van der Waals surface area contributed by atoms with Crippen LogP contribution in [0.2, 0.25) is 0 Å². The number of urea groups is 1. The van der Waals surface area contributed by atoms with E-state index in [-0.39, 0.29) is 18.0 Å². The fraction of sp³-hybridized carbons (Fsp3) is 0.800. The van der Waals surface area contributed by atoms with Crippen molar-refractivity contribution in [1.29, 1.82) is 0 Å². The molecule has 0 saturated carbocycles. The topological polar surface area (TPSA) is 49.4 Å². The number of hydrogen-bond acceptors (Lipinski definition) is 2. The number of rotatable bonds is 4. The average Bonchev–Trinajstić information content (AvgIpc) is 2.15. The molecule has 80 valence electrons. The van der Waals surface area contributed by atoms with Crippen LogP contribution in [0, 0.1) is 0 Å². The molecule has 0 aromatic carbocycles. The van der Waals surface area contributed by atoms with Crippen LogP contribution in [-0.2, 0) is 4.79 Å². The van der Waals surface area contributed by atoms with Crippen LogP contribution < -0.4 is 5.32 Å². The van der Waals surface area contributed by atoms with E-state index in [4.69, 9.17) is 0 Å². The van der Waals surface area contributed by atoms with Crippen LogP contribution in [-0.4, -0.2) is 29.4 Å². The zero-order valence-corrected chi connectivity index (χ0v) is 8.88. The van der Waals surface area contributed by atoms with Crippen LogP contribution in [0.1, 0.15) is 39.5 Å². The highest BCUT2D eigenvalue weighted by Gasteiger charge is 2.27. The molecule has 1 N–H and O–H groups in total. The first-order valence-electron chi connectivity index (χ1n) is 5.29. The normalized spacial score (nSPS) is 19.4. The summed E-state index contributed by atoms with van der Waals surface area (Å²) in [6.07, 6.45) is 3.47. The van der Waals surface area contributed by atoms with Gasteiger partial charge < -0.3 is 4.90 Å². The molecule has 0 aromatic heterocycles. The predicted octanol–water partition coefficient (Wildman–Crippen LogP) is 1.51. The molecule has 1 rings (SSSR count). The molecule has 0 aromatic rings. The number of carbonyl (C=O) groups excluding carboxylic acids is 2. The van der Waals surface area contributed by atoms with E-state index in [1.165, 1.54) is 0 Å². The summed E-state index contributed by atoms with van der Waals surface area (Å²) in [5.41, 5.74) is 0. The Morgan fingerprint density at radius 1 is 1.43 bits per heavy atom. The van der Waals surface area contributed by atoms with Crippen LogP contribution >= 0.6 is 0 Å². The molecule has 1 saturated heterocycles. The van der Waals surface area contributed by atoms with E-state index in [0.717, 1.165) is 19.3 Å². The van der Waals surface area contributed by atoms with Crippen molar-refractivity contribution in [3.8, 4) is 0 Å². The van der Waals surface area contributed by atoms with Gasteiger partial charge in [0.2, 0.25) is 5.91 Å². The summed E-state index contributed by atoms with van der Waals surface area (Å²) in [6, 6.07) is 0.0645. The molecule has 0 aliphatic carbocycles. The van der Waals surface area contributed by atoms with E-state index >= 15 is 0 Å². The maximum absolute atomic E-state index is 11.5. The molecule has 0 bridgehead atoms. The Morgan fingerprint density at radius 2 is 2.14 bits per heavy atom. The molecule has 14 heavy (non-hydrogen) atoms. The number of imide groups is 1. The molecule has 4 nitrogen and oxygen atoms in total. The minimum atomic E-state index is -0.221. The van der Waals surface area contributed by atoms with Crippen molar-refractivity contribution in [1.82, 2.24) is 10.2 Å². The van der Waals surface area contributed by atoms with Crippen LogP contribution in [0.4, 0.5) is 4.79 Å². The molecule has 0 radical (unpaired) electrons. The largest absolute Gasteiger partial charge is 0.324 e. The van der Waals surface area contributed by atoms with E-state index < -0.39 is 0 Å². The third-order valence-corrected chi connectivity index (χ3v) is 2.62. The van der Waals surface area contributed by atoms with E-state index in [2.05, 4.69) is 19.2 Å². The maximum Gasteiger partial charge on any atom is 0.324 e. The number of nitrogens with zero attached hydrogens (tertiary/aromatic N) is 1. The van der Waals surface area contributed by atoms with Crippen LogP contribution in [0.25, 0.3) is 0 Å². The van der Waals surface area contributed by atoms with Gasteiger partial charge in [0.05, 0.1) is 0 Å². The molecule has 1 aliphatic heterocycles. The monoisotopic (exact) mass is 198 g/mol. The second kappa shape index (κ2) is 4.98. The Bertz CT molecular complexity index is 228. The molecule has 1 atom stereocenters. The first-order chi connectivity index (χ1) is 6.69. The zero-order chi connectivity index (χ0) is 10.6. The van der Waals surface area contributed by atoms with Crippen molar-refractivity contribution in [2.24, 2.45) is 0 Å². The summed E-state index contributed by atoms with van der Waals surface area (Å²) in [7, 11) is 0. The van der Waals surface area contributed by atoms with E-state index in [1.807, 2.05) is 0 Å².